The smallest absolute Gasteiger partial charge is 0.423 e. The molecule has 0 bridgehead atoms. The lowest BCUT2D eigenvalue weighted by Gasteiger charge is -2.19. The summed E-state index contributed by atoms with van der Waals surface area (Å²) in [5, 5.41) is 0. The molecule has 3 aromatic rings. The predicted octanol–water partition coefficient (Wildman–Crippen LogP) is 3.59. The van der Waals surface area contributed by atoms with Gasteiger partial charge in [-0.25, -0.2) is 9.59 Å². The van der Waals surface area contributed by atoms with Crippen molar-refractivity contribution in [3.05, 3.63) is 52.9 Å². The van der Waals surface area contributed by atoms with Crippen molar-refractivity contribution in [1.82, 2.24) is 9.13 Å². The summed E-state index contributed by atoms with van der Waals surface area (Å²) in [6.07, 6.45) is -0.720. The second-order valence-corrected chi connectivity index (χ2v) is 6.96. The van der Waals surface area contributed by atoms with Crippen LogP contribution in [0.5, 0.6) is 11.5 Å². The number of benzene rings is 2. The molecule has 142 valence electrons. The Bertz CT molecular complexity index is 1060. The zero-order valence-electron chi connectivity index (χ0n) is 16.0. The topological polar surface area (TPSA) is 71.7 Å². The zero-order chi connectivity index (χ0) is 19.8. The van der Waals surface area contributed by atoms with Gasteiger partial charge in [0.05, 0.1) is 30.9 Å². The molecule has 0 spiro atoms. The van der Waals surface area contributed by atoms with Crippen LogP contribution in [-0.4, -0.2) is 35.0 Å². The van der Waals surface area contributed by atoms with Gasteiger partial charge in [0.15, 0.2) is 11.5 Å². The quantitative estimate of drug-likeness (QED) is 0.704. The molecule has 0 unspecified atom stereocenters. The van der Waals surface area contributed by atoms with Crippen LogP contribution in [0.1, 0.15) is 20.8 Å². The molecule has 0 fully saturated rings. The third kappa shape index (κ3) is 3.40. The molecule has 3 rings (SSSR count). The maximum absolute atomic E-state index is 13.1. The number of ether oxygens (including phenoxy) is 3. The Morgan fingerprint density at radius 3 is 2.15 bits per heavy atom. The Balaban J connectivity index is 2.25. The van der Waals surface area contributed by atoms with Gasteiger partial charge < -0.3 is 14.2 Å². The van der Waals surface area contributed by atoms with Crippen molar-refractivity contribution in [3.8, 4) is 17.2 Å². The maximum Gasteiger partial charge on any atom is 0.423 e. The second kappa shape index (κ2) is 6.83. The Morgan fingerprint density at radius 2 is 1.56 bits per heavy atom. The summed E-state index contributed by atoms with van der Waals surface area (Å²) >= 11 is 0. The normalized spacial score (nSPS) is 11.4. The summed E-state index contributed by atoms with van der Waals surface area (Å²) in [5.41, 5.74) is 0.365. The van der Waals surface area contributed by atoms with Crippen LogP contribution in [-0.2, 0) is 4.74 Å². The molecule has 0 saturated carbocycles. The maximum atomic E-state index is 13.1. The van der Waals surface area contributed by atoms with Crippen molar-refractivity contribution in [2.75, 3.05) is 14.2 Å². The third-order valence-electron chi connectivity index (χ3n) is 3.95. The number of methoxy groups -OCH3 is 2. The van der Waals surface area contributed by atoms with Crippen molar-refractivity contribution in [3.63, 3.8) is 0 Å². The van der Waals surface area contributed by atoms with Crippen LogP contribution < -0.4 is 15.2 Å². The molecule has 0 aliphatic heterocycles. The van der Waals surface area contributed by atoms with Gasteiger partial charge >= 0.3 is 11.8 Å². The molecular formula is C20H22N2O5. The lowest BCUT2D eigenvalue weighted by atomic mass is 10.2. The van der Waals surface area contributed by atoms with Crippen LogP contribution in [0.25, 0.3) is 16.7 Å². The summed E-state index contributed by atoms with van der Waals surface area (Å²) in [7, 11) is 3.06. The molecule has 0 amide bonds. The van der Waals surface area contributed by atoms with E-state index in [0.717, 1.165) is 4.57 Å². The highest BCUT2D eigenvalue weighted by atomic mass is 16.6. The van der Waals surface area contributed by atoms with Gasteiger partial charge in [0, 0.05) is 6.07 Å². The fraction of sp³-hybridized carbons (Fsp3) is 0.300. The Hall–Kier alpha value is -3.22. The van der Waals surface area contributed by atoms with Gasteiger partial charge in [-0.2, -0.15) is 4.57 Å². The van der Waals surface area contributed by atoms with Gasteiger partial charge in [-0.3, -0.25) is 4.57 Å². The van der Waals surface area contributed by atoms with E-state index in [0.29, 0.717) is 28.2 Å². The van der Waals surface area contributed by atoms with Crippen molar-refractivity contribution in [1.29, 1.82) is 0 Å². The van der Waals surface area contributed by atoms with E-state index in [1.54, 1.807) is 63.2 Å². The molecule has 1 aromatic heterocycles. The van der Waals surface area contributed by atoms with Crippen LogP contribution in [0.4, 0.5) is 4.79 Å². The predicted molar refractivity (Wildman–Crippen MR) is 102 cm³/mol. The van der Waals surface area contributed by atoms with E-state index in [4.69, 9.17) is 14.2 Å². The first-order valence-electron chi connectivity index (χ1n) is 8.45. The Kier molecular flexibility index (Phi) is 4.70. The van der Waals surface area contributed by atoms with E-state index < -0.39 is 17.4 Å². The molecule has 0 N–H and O–H groups in total. The molecule has 0 radical (unpaired) electrons. The first kappa shape index (κ1) is 18.6. The van der Waals surface area contributed by atoms with Crippen LogP contribution in [0.15, 0.2) is 47.3 Å². The average Bonchev–Trinajstić information content (AvgIpc) is 2.91. The lowest BCUT2D eigenvalue weighted by molar-refractivity contribution is 0.0538. The molecule has 0 aliphatic rings. The highest BCUT2D eigenvalue weighted by molar-refractivity contribution is 5.88. The molecule has 7 heteroatoms. The number of carbonyl (C=O) groups excluding carboxylic acids is 1. The minimum Gasteiger partial charge on any atom is -0.493 e. The summed E-state index contributed by atoms with van der Waals surface area (Å²) in [6.45, 7) is 5.26. The number of nitrogens with zero attached hydrogens (tertiary/aromatic N) is 2. The Labute approximate surface area is 156 Å². The molecule has 7 nitrogen and oxygen atoms in total. The molecule has 27 heavy (non-hydrogen) atoms. The fourth-order valence-electron chi connectivity index (χ4n) is 2.85. The number of carbonyl (C=O) groups is 1. The molecule has 1 heterocycles. The lowest BCUT2D eigenvalue weighted by Crippen LogP contribution is -2.34. The van der Waals surface area contributed by atoms with E-state index in [2.05, 4.69) is 0 Å². The average molecular weight is 370 g/mol. The van der Waals surface area contributed by atoms with Crippen LogP contribution in [0.2, 0.25) is 0 Å². The van der Waals surface area contributed by atoms with E-state index >= 15 is 0 Å². The van der Waals surface area contributed by atoms with Crippen LogP contribution >= 0.6 is 0 Å². The van der Waals surface area contributed by atoms with E-state index in [1.807, 2.05) is 0 Å². The van der Waals surface area contributed by atoms with Crippen LogP contribution in [0, 0.1) is 0 Å². The first-order chi connectivity index (χ1) is 12.8. The molecule has 0 saturated heterocycles. The van der Waals surface area contributed by atoms with Crippen molar-refractivity contribution < 1.29 is 19.0 Å². The third-order valence-corrected chi connectivity index (χ3v) is 3.95. The number of hydrogen-bond donors (Lipinski definition) is 0. The molecular weight excluding hydrogens is 348 g/mol. The largest absolute Gasteiger partial charge is 0.493 e. The van der Waals surface area contributed by atoms with Crippen LogP contribution in [0.3, 0.4) is 0 Å². The van der Waals surface area contributed by atoms with Gasteiger partial charge in [-0.15, -0.1) is 0 Å². The minimum atomic E-state index is -0.720. The Morgan fingerprint density at radius 1 is 0.926 bits per heavy atom. The van der Waals surface area contributed by atoms with Crippen molar-refractivity contribution in [2.45, 2.75) is 26.4 Å². The monoisotopic (exact) mass is 370 g/mol. The number of hydrogen-bond acceptors (Lipinski definition) is 5. The number of fused-ring (bicyclic) bond motifs is 1. The van der Waals surface area contributed by atoms with Gasteiger partial charge in [-0.1, -0.05) is 12.1 Å². The molecule has 0 atom stereocenters. The van der Waals surface area contributed by atoms with E-state index in [1.165, 1.54) is 18.8 Å². The SMILES string of the molecule is COc1ccc(-n2c(=O)n(C(=O)OC(C)(C)C)c3ccccc32)cc1OC. The number of para-hydroxylation sites is 2. The number of rotatable bonds is 3. The van der Waals surface area contributed by atoms with E-state index in [-0.39, 0.29) is 0 Å². The molecule has 2 aromatic carbocycles. The first-order valence-corrected chi connectivity index (χ1v) is 8.45. The standard InChI is InChI=1S/C20H22N2O5/c1-20(2,3)27-19(24)22-15-9-7-6-8-14(15)21(18(22)23)13-10-11-16(25-4)17(12-13)26-5/h6-12H,1-5H3. The number of imidazole rings is 1. The summed E-state index contributed by atoms with van der Waals surface area (Å²) < 4.78 is 18.5. The highest BCUT2D eigenvalue weighted by Crippen LogP contribution is 2.30. The van der Waals surface area contributed by atoms with Gasteiger partial charge in [0.25, 0.3) is 0 Å². The van der Waals surface area contributed by atoms with Gasteiger partial charge in [0.1, 0.15) is 5.60 Å². The summed E-state index contributed by atoms with van der Waals surface area (Å²) in [6, 6.07) is 12.2. The second-order valence-electron chi connectivity index (χ2n) is 6.96. The zero-order valence-corrected chi connectivity index (χ0v) is 16.0. The fourth-order valence-corrected chi connectivity index (χ4v) is 2.85. The van der Waals surface area contributed by atoms with Crippen molar-refractivity contribution >= 4 is 17.1 Å². The van der Waals surface area contributed by atoms with Gasteiger partial charge in [-0.05, 0) is 45.0 Å². The summed E-state index contributed by atoms with van der Waals surface area (Å²) in [5.74, 6) is 1.03. The van der Waals surface area contributed by atoms with E-state index in [9.17, 15) is 9.59 Å². The number of aromatic nitrogens is 2. The van der Waals surface area contributed by atoms with Gasteiger partial charge in [0.2, 0.25) is 0 Å². The highest BCUT2D eigenvalue weighted by Gasteiger charge is 2.24. The summed E-state index contributed by atoms with van der Waals surface area (Å²) in [4.78, 5) is 25.8. The minimum absolute atomic E-state index is 0.464. The molecule has 0 aliphatic carbocycles. The van der Waals surface area contributed by atoms with Crippen molar-refractivity contribution in [2.24, 2.45) is 0 Å².